The number of likely N-dealkylation sites (N-methyl/N-ethyl adjacent to an activating group) is 1. The molecule has 1 aliphatic heterocycles. The van der Waals surface area contributed by atoms with Crippen molar-refractivity contribution in [2.75, 3.05) is 57.1 Å². The van der Waals surface area contributed by atoms with Crippen molar-refractivity contribution >= 4 is 29.3 Å². The Hall–Kier alpha value is -4.61. The second-order valence-electron chi connectivity index (χ2n) is 8.36. The average Bonchev–Trinajstić information content (AvgIpc) is 3.32. The Bertz CT molecular complexity index is 1270. The molecule has 2 aromatic heterocycles. The standard InChI is InChI=1S/C25H28N6O6/c1-17-24(27-16-36-17)37-25(34)29(2)15-22(32)31-12-10-30(11-13-31)20-7-5-4-6-19(20)23(33)28-18-8-9-26-21(14-18)35-3/h4-9,14,16H,10-13,15H2,1-3H3,(H,26,28,33). The van der Waals surface area contributed by atoms with Crippen molar-refractivity contribution < 1.29 is 28.3 Å². The van der Waals surface area contributed by atoms with Gasteiger partial charge in [-0.3, -0.25) is 9.59 Å². The number of hydrogen-bond acceptors (Lipinski definition) is 9. The van der Waals surface area contributed by atoms with E-state index in [0.717, 1.165) is 5.69 Å². The van der Waals surface area contributed by atoms with Crippen LogP contribution >= 0.6 is 0 Å². The Labute approximate surface area is 213 Å². The van der Waals surface area contributed by atoms with Crippen molar-refractivity contribution in [3.63, 3.8) is 0 Å². The molecule has 0 radical (unpaired) electrons. The van der Waals surface area contributed by atoms with Crippen molar-refractivity contribution in [1.29, 1.82) is 0 Å². The third-order valence-electron chi connectivity index (χ3n) is 5.89. The summed E-state index contributed by atoms with van der Waals surface area (Å²) in [6.45, 7) is 3.45. The molecule has 1 fully saturated rings. The van der Waals surface area contributed by atoms with E-state index < -0.39 is 6.09 Å². The molecule has 1 N–H and O–H groups in total. The smallest absolute Gasteiger partial charge is 0.416 e. The van der Waals surface area contributed by atoms with Crippen molar-refractivity contribution in [3.8, 4) is 11.8 Å². The van der Waals surface area contributed by atoms with Crippen LogP contribution in [0.25, 0.3) is 0 Å². The molecule has 0 spiro atoms. The van der Waals surface area contributed by atoms with E-state index >= 15 is 0 Å². The van der Waals surface area contributed by atoms with E-state index in [2.05, 4.69) is 20.2 Å². The number of carbonyl (C=O) groups is 3. The van der Waals surface area contributed by atoms with Crippen molar-refractivity contribution in [2.45, 2.75) is 6.92 Å². The van der Waals surface area contributed by atoms with Crippen LogP contribution in [0, 0.1) is 6.92 Å². The Kier molecular flexibility index (Phi) is 7.86. The van der Waals surface area contributed by atoms with Crippen LogP contribution in [0.3, 0.4) is 0 Å². The van der Waals surface area contributed by atoms with Crippen LogP contribution < -0.4 is 19.7 Å². The molecule has 12 heteroatoms. The molecule has 37 heavy (non-hydrogen) atoms. The monoisotopic (exact) mass is 508 g/mol. The average molecular weight is 509 g/mol. The summed E-state index contributed by atoms with van der Waals surface area (Å²) in [5, 5.41) is 2.88. The van der Waals surface area contributed by atoms with E-state index in [9.17, 15) is 14.4 Å². The van der Waals surface area contributed by atoms with Gasteiger partial charge in [0.1, 0.15) is 6.54 Å². The number of aryl methyl sites for hydroxylation is 1. The van der Waals surface area contributed by atoms with Gasteiger partial charge in [-0.25, -0.2) is 9.78 Å². The molecule has 1 saturated heterocycles. The summed E-state index contributed by atoms with van der Waals surface area (Å²) in [4.78, 5) is 50.9. The van der Waals surface area contributed by atoms with Gasteiger partial charge >= 0.3 is 6.09 Å². The van der Waals surface area contributed by atoms with Crippen LogP contribution in [0.5, 0.6) is 11.8 Å². The van der Waals surface area contributed by atoms with Gasteiger partial charge in [0.15, 0.2) is 12.2 Å². The van der Waals surface area contributed by atoms with Crippen LogP contribution in [0.2, 0.25) is 0 Å². The minimum atomic E-state index is -0.698. The number of rotatable bonds is 7. The summed E-state index contributed by atoms with van der Waals surface area (Å²) in [7, 11) is 3.00. The van der Waals surface area contributed by atoms with Crippen LogP contribution in [0.1, 0.15) is 16.1 Å². The number of hydrogen-bond donors (Lipinski definition) is 1. The molecule has 1 aromatic carbocycles. The highest BCUT2D eigenvalue weighted by atomic mass is 16.6. The third kappa shape index (κ3) is 6.15. The van der Waals surface area contributed by atoms with E-state index in [0.29, 0.717) is 49.1 Å². The van der Waals surface area contributed by atoms with Crippen molar-refractivity contribution in [3.05, 3.63) is 60.3 Å². The van der Waals surface area contributed by atoms with Gasteiger partial charge in [-0.1, -0.05) is 12.1 Å². The quantitative estimate of drug-likeness (QED) is 0.511. The van der Waals surface area contributed by atoms with Gasteiger partial charge in [0, 0.05) is 56.9 Å². The number of piperazine rings is 1. The predicted molar refractivity (Wildman–Crippen MR) is 134 cm³/mol. The highest BCUT2D eigenvalue weighted by Crippen LogP contribution is 2.24. The van der Waals surface area contributed by atoms with E-state index in [1.54, 1.807) is 42.3 Å². The number of methoxy groups -OCH3 is 1. The first-order valence-electron chi connectivity index (χ1n) is 11.6. The highest BCUT2D eigenvalue weighted by Gasteiger charge is 2.26. The molecule has 194 valence electrons. The van der Waals surface area contributed by atoms with Gasteiger partial charge in [0.05, 0.1) is 12.7 Å². The van der Waals surface area contributed by atoms with Crippen molar-refractivity contribution in [2.24, 2.45) is 0 Å². The normalized spacial score (nSPS) is 13.2. The number of benzene rings is 1. The minimum absolute atomic E-state index is 0.0729. The molecule has 0 saturated carbocycles. The van der Waals surface area contributed by atoms with Crippen molar-refractivity contribution in [1.82, 2.24) is 19.8 Å². The van der Waals surface area contributed by atoms with Crippen LogP contribution in [0.15, 0.2) is 53.4 Å². The highest BCUT2D eigenvalue weighted by molar-refractivity contribution is 6.08. The SMILES string of the molecule is COc1cc(NC(=O)c2ccccc2N2CCN(C(=O)CN(C)C(=O)Oc3ncoc3C)CC2)ccn1. The molecule has 1 aliphatic rings. The maximum Gasteiger partial charge on any atom is 0.416 e. The predicted octanol–water partition coefficient (Wildman–Crippen LogP) is 2.42. The van der Waals surface area contributed by atoms with Crippen LogP contribution in [0.4, 0.5) is 16.2 Å². The maximum atomic E-state index is 13.0. The molecule has 4 rings (SSSR count). The molecule has 12 nitrogen and oxygen atoms in total. The van der Waals surface area contributed by atoms with Gasteiger partial charge in [-0.2, -0.15) is 4.98 Å². The second kappa shape index (κ2) is 11.4. The number of nitrogens with one attached hydrogen (secondary N) is 1. The number of amides is 3. The molecule has 0 unspecified atom stereocenters. The molecule has 0 bridgehead atoms. The number of para-hydroxylation sites is 1. The molecule has 0 atom stereocenters. The molecule has 3 heterocycles. The first kappa shape index (κ1) is 25.5. The Morgan fingerprint density at radius 1 is 1.11 bits per heavy atom. The second-order valence-corrected chi connectivity index (χ2v) is 8.36. The van der Waals surface area contributed by atoms with E-state index in [4.69, 9.17) is 13.9 Å². The van der Waals surface area contributed by atoms with Gasteiger partial charge in [0.2, 0.25) is 11.8 Å². The fourth-order valence-electron chi connectivity index (χ4n) is 3.86. The van der Waals surface area contributed by atoms with Gasteiger partial charge < -0.3 is 33.9 Å². The summed E-state index contributed by atoms with van der Waals surface area (Å²) in [6, 6.07) is 10.7. The minimum Gasteiger partial charge on any atom is -0.481 e. The summed E-state index contributed by atoms with van der Waals surface area (Å²) in [5.41, 5.74) is 1.86. The summed E-state index contributed by atoms with van der Waals surface area (Å²) >= 11 is 0. The fraction of sp³-hybridized carbons (Fsp3) is 0.320. The first-order valence-corrected chi connectivity index (χ1v) is 11.6. The van der Waals surface area contributed by atoms with Gasteiger partial charge in [0.25, 0.3) is 11.8 Å². The summed E-state index contributed by atoms with van der Waals surface area (Å²) in [5.74, 6) is 0.389. The number of carbonyl (C=O) groups excluding carboxylic acids is 3. The van der Waals surface area contributed by atoms with Crippen LogP contribution in [-0.2, 0) is 4.79 Å². The summed E-state index contributed by atoms with van der Waals surface area (Å²) in [6.07, 6.45) is 2.04. The number of oxazole rings is 1. The lowest BCUT2D eigenvalue weighted by Crippen LogP contribution is -2.52. The number of anilines is 2. The number of aromatic nitrogens is 2. The third-order valence-corrected chi connectivity index (χ3v) is 5.89. The fourth-order valence-corrected chi connectivity index (χ4v) is 3.86. The molecular weight excluding hydrogens is 480 g/mol. The lowest BCUT2D eigenvalue weighted by Gasteiger charge is -2.37. The first-order chi connectivity index (χ1) is 17.9. The largest absolute Gasteiger partial charge is 0.481 e. The van der Waals surface area contributed by atoms with E-state index in [1.807, 2.05) is 12.1 Å². The van der Waals surface area contributed by atoms with Gasteiger partial charge in [-0.15, -0.1) is 0 Å². The van der Waals surface area contributed by atoms with Crippen LogP contribution in [-0.4, -0.2) is 84.6 Å². The Morgan fingerprint density at radius 2 is 1.86 bits per heavy atom. The lowest BCUT2D eigenvalue weighted by atomic mass is 10.1. The molecular formula is C25H28N6O6. The molecule has 3 aromatic rings. The van der Waals surface area contributed by atoms with E-state index in [-0.39, 0.29) is 24.2 Å². The maximum absolute atomic E-state index is 13.0. The number of nitrogens with zero attached hydrogens (tertiary/aromatic N) is 5. The van der Waals surface area contributed by atoms with Gasteiger partial charge in [-0.05, 0) is 25.1 Å². The zero-order chi connectivity index (χ0) is 26.4. The summed E-state index contributed by atoms with van der Waals surface area (Å²) < 4.78 is 15.3. The number of pyridine rings is 1. The molecule has 3 amide bonds. The Balaban J connectivity index is 1.33. The Morgan fingerprint density at radius 3 is 2.57 bits per heavy atom. The number of ether oxygens (including phenoxy) is 2. The zero-order valence-corrected chi connectivity index (χ0v) is 20.8. The van der Waals surface area contributed by atoms with E-state index in [1.165, 1.54) is 25.5 Å². The molecule has 0 aliphatic carbocycles. The topological polar surface area (TPSA) is 130 Å². The zero-order valence-electron chi connectivity index (χ0n) is 20.8. The lowest BCUT2D eigenvalue weighted by molar-refractivity contribution is -0.132.